The number of nitriles is 1. The highest BCUT2D eigenvalue weighted by atomic mass is 19.1. The van der Waals surface area contributed by atoms with Gasteiger partial charge in [0, 0.05) is 31.1 Å². The number of halogens is 1. The molecule has 5 atom stereocenters. The number of aryl methyl sites for hydroxylation is 1. The third-order valence-corrected chi connectivity index (χ3v) is 7.80. The van der Waals surface area contributed by atoms with Crippen LogP contribution in [-0.2, 0) is 23.0 Å². The average molecular weight is 532 g/mol. The van der Waals surface area contributed by atoms with Gasteiger partial charge in [-0.1, -0.05) is 31.2 Å². The Kier molecular flexibility index (Phi) is 6.83. The number of rotatable bonds is 5. The van der Waals surface area contributed by atoms with E-state index in [4.69, 9.17) is 4.74 Å². The molecule has 9 heteroatoms. The molecule has 2 bridgehead atoms. The summed E-state index contributed by atoms with van der Waals surface area (Å²) in [6.07, 6.45) is 2.97. The van der Waals surface area contributed by atoms with Crippen molar-refractivity contribution in [2.75, 3.05) is 0 Å². The molecule has 2 heterocycles. The topological polar surface area (TPSA) is 100 Å². The zero-order valence-corrected chi connectivity index (χ0v) is 22.9. The molecule has 0 unspecified atom stereocenters. The van der Waals surface area contributed by atoms with E-state index in [9.17, 15) is 14.9 Å². The van der Waals surface area contributed by atoms with Crippen molar-refractivity contribution >= 4 is 22.9 Å². The van der Waals surface area contributed by atoms with E-state index in [-0.39, 0.29) is 24.3 Å². The van der Waals surface area contributed by atoms with Gasteiger partial charge in [0.25, 0.3) is 0 Å². The lowest BCUT2D eigenvalue weighted by molar-refractivity contribution is -0.129. The molecule has 204 valence electrons. The number of aromatic nitrogens is 2. The molecule has 1 saturated carbocycles. The number of nitrogens with zero attached hydrogens (tertiary/aromatic N) is 4. The fourth-order valence-corrected chi connectivity index (χ4v) is 6.06. The molecule has 1 saturated heterocycles. The first-order valence-corrected chi connectivity index (χ1v) is 13.4. The maximum absolute atomic E-state index is 15.2. The molecule has 1 aliphatic heterocycles. The molecule has 0 radical (unpaired) electrons. The van der Waals surface area contributed by atoms with Crippen molar-refractivity contribution in [3.8, 4) is 17.2 Å². The number of benzene rings is 2. The van der Waals surface area contributed by atoms with Crippen molar-refractivity contribution in [1.29, 1.82) is 5.26 Å². The molecule has 3 aromatic rings. The zero-order valence-electron chi connectivity index (χ0n) is 22.9. The smallest absolute Gasteiger partial charge is 0.411 e. The molecular weight excluding hydrogens is 497 g/mol. The standard InChI is InChI=1S/C30H34FN5O3/c1-17-10-23-14-24(17)27(36(23)29(38)39-30(2,3)4)28(37)33-22(15-32)11-20-8-6-18(12-25(20)31)19-7-9-21-16-35(5)34-26(21)13-19/h6-9,12-13,16-17,22-24,27H,10-11,14H2,1-5H3,(H,33,37)/t17-,22-,23+,24+,27-/m0/s1. The predicted molar refractivity (Wildman–Crippen MR) is 145 cm³/mol. The van der Waals surface area contributed by atoms with Crippen LogP contribution in [0.15, 0.2) is 42.6 Å². The molecule has 2 amide bonds. The first-order chi connectivity index (χ1) is 18.4. The summed E-state index contributed by atoms with van der Waals surface area (Å²) in [5.41, 5.74) is 2.00. The normalized spacial score (nSPS) is 23.1. The van der Waals surface area contributed by atoms with Gasteiger partial charge in [0.1, 0.15) is 23.5 Å². The zero-order chi connectivity index (χ0) is 28.1. The van der Waals surface area contributed by atoms with E-state index in [1.165, 1.54) is 6.07 Å². The van der Waals surface area contributed by atoms with Crippen LogP contribution in [0.1, 0.15) is 46.1 Å². The van der Waals surface area contributed by atoms with Crippen LogP contribution in [0.25, 0.3) is 22.0 Å². The predicted octanol–water partition coefficient (Wildman–Crippen LogP) is 4.96. The summed E-state index contributed by atoms with van der Waals surface area (Å²) in [6, 6.07) is 11.0. The lowest BCUT2D eigenvalue weighted by atomic mass is 9.88. The molecule has 0 spiro atoms. The van der Waals surface area contributed by atoms with Gasteiger partial charge in [-0.2, -0.15) is 10.4 Å². The summed E-state index contributed by atoms with van der Waals surface area (Å²) in [7, 11) is 1.85. The maximum atomic E-state index is 15.2. The molecule has 1 N–H and O–H groups in total. The van der Waals surface area contributed by atoms with Gasteiger partial charge in [0.2, 0.25) is 5.91 Å². The summed E-state index contributed by atoms with van der Waals surface area (Å²) in [6.45, 7) is 7.46. The fourth-order valence-electron chi connectivity index (χ4n) is 6.06. The second kappa shape index (κ2) is 9.99. The number of hydrogen-bond acceptors (Lipinski definition) is 5. The van der Waals surface area contributed by atoms with Gasteiger partial charge in [-0.05, 0) is 74.3 Å². The Morgan fingerprint density at radius 3 is 2.62 bits per heavy atom. The second-order valence-corrected chi connectivity index (χ2v) is 11.9. The van der Waals surface area contributed by atoms with Crippen molar-refractivity contribution in [3.63, 3.8) is 0 Å². The summed E-state index contributed by atoms with van der Waals surface area (Å²) in [5.74, 6) is -0.575. The van der Waals surface area contributed by atoms with E-state index < -0.39 is 35.5 Å². The number of hydrogen-bond donors (Lipinski definition) is 1. The third kappa shape index (κ3) is 5.33. The highest BCUT2D eigenvalue weighted by Crippen LogP contribution is 2.46. The Hall–Kier alpha value is -3.93. The van der Waals surface area contributed by atoms with Crippen molar-refractivity contribution in [2.45, 2.75) is 70.7 Å². The molecule has 2 aromatic carbocycles. The van der Waals surface area contributed by atoms with Crippen LogP contribution < -0.4 is 5.32 Å². The molecule has 2 aliphatic rings. The molecule has 39 heavy (non-hydrogen) atoms. The van der Waals surface area contributed by atoms with Crippen LogP contribution in [-0.4, -0.2) is 50.4 Å². The van der Waals surface area contributed by atoms with Crippen molar-refractivity contribution < 1.29 is 18.7 Å². The van der Waals surface area contributed by atoms with Gasteiger partial charge in [-0.15, -0.1) is 0 Å². The van der Waals surface area contributed by atoms with Crippen LogP contribution in [0.5, 0.6) is 0 Å². The van der Waals surface area contributed by atoms with E-state index >= 15 is 4.39 Å². The highest BCUT2D eigenvalue weighted by molar-refractivity contribution is 5.88. The number of amides is 2. The Labute approximate surface area is 227 Å². The summed E-state index contributed by atoms with van der Waals surface area (Å²) < 4.78 is 22.5. The number of fused-ring (bicyclic) bond motifs is 3. The van der Waals surface area contributed by atoms with E-state index in [0.29, 0.717) is 11.1 Å². The van der Waals surface area contributed by atoms with Crippen LogP contribution in [0.3, 0.4) is 0 Å². The minimum absolute atomic E-state index is 0.00526. The largest absolute Gasteiger partial charge is 0.444 e. The number of ether oxygens (including phenoxy) is 1. The minimum Gasteiger partial charge on any atom is -0.444 e. The number of carbonyl (C=O) groups excluding carboxylic acids is 2. The van der Waals surface area contributed by atoms with Crippen molar-refractivity contribution in [3.05, 3.63) is 54.0 Å². The molecule has 2 fully saturated rings. The molecule has 5 rings (SSSR count). The SMILES string of the molecule is C[C@H]1C[C@@H]2C[C@H]1[C@@H](C(=O)N[C@H](C#N)Cc1ccc(-c3ccc4cn(C)nc4c3)cc1F)N2C(=O)OC(C)(C)C. The van der Waals surface area contributed by atoms with E-state index in [1.807, 2.05) is 31.4 Å². The highest BCUT2D eigenvalue weighted by Gasteiger charge is 2.55. The molecule has 1 aliphatic carbocycles. The fraction of sp³-hybridized carbons (Fsp3) is 0.467. The summed E-state index contributed by atoms with van der Waals surface area (Å²) in [4.78, 5) is 28.0. The van der Waals surface area contributed by atoms with E-state index in [1.54, 1.807) is 42.5 Å². The maximum Gasteiger partial charge on any atom is 0.411 e. The molecule has 1 aromatic heterocycles. The number of nitrogens with one attached hydrogen (secondary N) is 1. The van der Waals surface area contributed by atoms with Crippen LogP contribution >= 0.6 is 0 Å². The van der Waals surface area contributed by atoms with E-state index in [2.05, 4.69) is 23.4 Å². The van der Waals surface area contributed by atoms with Gasteiger partial charge in [-0.25, -0.2) is 9.18 Å². The lowest BCUT2D eigenvalue weighted by Crippen LogP contribution is -2.56. The first kappa shape index (κ1) is 26.7. The number of piperidine rings is 1. The number of carbonyl (C=O) groups is 2. The summed E-state index contributed by atoms with van der Waals surface area (Å²) >= 11 is 0. The Balaban J connectivity index is 1.30. The minimum atomic E-state index is -0.947. The Morgan fingerprint density at radius 2 is 1.92 bits per heavy atom. The monoisotopic (exact) mass is 531 g/mol. The van der Waals surface area contributed by atoms with Crippen LogP contribution in [0, 0.1) is 29.0 Å². The quantitative estimate of drug-likeness (QED) is 0.501. The Bertz CT molecular complexity index is 1470. The van der Waals surface area contributed by atoms with Gasteiger partial charge >= 0.3 is 6.09 Å². The molecular formula is C30H34FN5O3. The number of likely N-dealkylation sites (tertiary alicyclic amines) is 1. The van der Waals surface area contributed by atoms with Crippen LogP contribution in [0.4, 0.5) is 9.18 Å². The molecule has 8 nitrogen and oxygen atoms in total. The van der Waals surface area contributed by atoms with Crippen molar-refractivity contribution in [2.24, 2.45) is 18.9 Å². The van der Waals surface area contributed by atoms with Gasteiger partial charge in [-0.3, -0.25) is 14.4 Å². The van der Waals surface area contributed by atoms with Gasteiger partial charge in [0.15, 0.2) is 0 Å². The van der Waals surface area contributed by atoms with E-state index in [0.717, 1.165) is 29.3 Å². The third-order valence-electron chi connectivity index (χ3n) is 7.80. The Morgan fingerprint density at radius 1 is 1.21 bits per heavy atom. The lowest BCUT2D eigenvalue weighted by Gasteiger charge is -2.38. The van der Waals surface area contributed by atoms with Crippen molar-refractivity contribution in [1.82, 2.24) is 20.0 Å². The van der Waals surface area contributed by atoms with Gasteiger partial charge in [0.05, 0.1) is 11.6 Å². The summed E-state index contributed by atoms with van der Waals surface area (Å²) in [5, 5.41) is 18.0. The second-order valence-electron chi connectivity index (χ2n) is 11.9. The van der Waals surface area contributed by atoms with Crippen LogP contribution in [0.2, 0.25) is 0 Å². The van der Waals surface area contributed by atoms with Gasteiger partial charge < -0.3 is 10.1 Å². The average Bonchev–Trinajstić information content (AvgIpc) is 3.53. The first-order valence-electron chi connectivity index (χ1n) is 13.4.